The summed E-state index contributed by atoms with van der Waals surface area (Å²) in [5.74, 6) is 0. The summed E-state index contributed by atoms with van der Waals surface area (Å²) in [4.78, 5) is 0. The zero-order valence-electron chi connectivity index (χ0n) is 29.6. The second kappa shape index (κ2) is 11.3. The fourth-order valence-corrected chi connectivity index (χ4v) is 9.47. The molecule has 0 fully saturated rings. The number of benzene rings is 10. The number of hydrogen-bond donors (Lipinski definition) is 0. The van der Waals surface area contributed by atoms with Crippen LogP contribution in [0.5, 0.6) is 0 Å². The Morgan fingerprint density at radius 2 is 0.963 bits per heavy atom. The molecule has 0 atom stereocenters. The molecule has 0 bridgehead atoms. The first-order valence-corrected chi connectivity index (χ1v) is 18.9. The van der Waals surface area contributed by atoms with E-state index in [1.165, 1.54) is 115 Å². The van der Waals surface area contributed by atoms with Crippen molar-refractivity contribution in [2.75, 3.05) is 0 Å². The van der Waals surface area contributed by atoms with Crippen molar-refractivity contribution in [2.45, 2.75) is 0 Å². The van der Waals surface area contributed by atoms with Crippen molar-refractivity contribution in [1.29, 1.82) is 0 Å². The second-order valence-electron chi connectivity index (χ2n) is 14.9. The van der Waals surface area contributed by atoms with E-state index < -0.39 is 0 Å². The maximum absolute atomic E-state index is 2.50. The Labute approximate surface area is 313 Å². The number of nitrogens with zero attached hydrogens (tertiary/aromatic N) is 1. The fraction of sp³-hybridized carbons (Fsp3) is 0. The van der Waals surface area contributed by atoms with Crippen molar-refractivity contribution < 1.29 is 0 Å². The van der Waals surface area contributed by atoms with Crippen LogP contribution in [0.2, 0.25) is 0 Å². The van der Waals surface area contributed by atoms with E-state index in [1.54, 1.807) is 0 Å². The average molecular weight is 682 g/mol. The van der Waals surface area contributed by atoms with E-state index in [-0.39, 0.29) is 0 Å². The Bertz CT molecular complexity index is 3370. The van der Waals surface area contributed by atoms with Gasteiger partial charge in [0.25, 0.3) is 0 Å². The van der Waals surface area contributed by atoms with Gasteiger partial charge in [-0.2, -0.15) is 0 Å². The molecule has 1 nitrogen and oxygen atoms in total. The van der Waals surface area contributed by atoms with Crippen LogP contribution in [0.15, 0.2) is 188 Å². The molecule has 2 heteroatoms. The summed E-state index contributed by atoms with van der Waals surface area (Å²) >= 11 is 0. The molecule has 0 aliphatic carbocycles. The molecule has 54 heavy (non-hydrogen) atoms. The van der Waals surface area contributed by atoms with Crippen molar-refractivity contribution >= 4 is 83.1 Å². The van der Waals surface area contributed by atoms with Crippen molar-refractivity contribution in [3.63, 3.8) is 0 Å². The first-order valence-electron chi connectivity index (χ1n) is 18.9. The molecule has 1 aromatic heterocycles. The molecule has 2 heterocycles. The maximum Gasteiger partial charge on any atom is 0.194 e. The predicted molar refractivity (Wildman–Crippen MR) is 234 cm³/mol. The van der Waals surface area contributed by atoms with Gasteiger partial charge in [0.1, 0.15) is 0 Å². The second-order valence-corrected chi connectivity index (χ2v) is 14.9. The average Bonchev–Trinajstić information content (AvgIpc) is 3.78. The molecule has 248 valence electrons. The zero-order chi connectivity index (χ0) is 35.3. The lowest BCUT2D eigenvalue weighted by atomic mass is 9.65. The lowest BCUT2D eigenvalue weighted by molar-refractivity contribution is 1.19. The maximum atomic E-state index is 2.50. The number of rotatable bonds is 3. The lowest BCUT2D eigenvalue weighted by Crippen LogP contribution is -2.21. The van der Waals surface area contributed by atoms with Gasteiger partial charge in [-0.15, -0.1) is 0 Å². The van der Waals surface area contributed by atoms with E-state index in [0.29, 0.717) is 0 Å². The minimum Gasteiger partial charge on any atom is -0.309 e. The van der Waals surface area contributed by atoms with Gasteiger partial charge in [-0.1, -0.05) is 150 Å². The summed E-state index contributed by atoms with van der Waals surface area (Å²) in [6.07, 6.45) is 0. The molecular weight excluding hydrogens is 649 g/mol. The van der Waals surface area contributed by atoms with Crippen LogP contribution in [-0.4, -0.2) is 11.8 Å². The third-order valence-corrected chi connectivity index (χ3v) is 12.0. The van der Waals surface area contributed by atoms with Gasteiger partial charge < -0.3 is 4.57 Å². The molecule has 0 saturated heterocycles. The molecule has 12 rings (SSSR count). The van der Waals surface area contributed by atoms with Crippen molar-refractivity contribution in [3.05, 3.63) is 188 Å². The Hall–Kier alpha value is -6.90. The summed E-state index contributed by atoms with van der Waals surface area (Å²) in [7, 11) is 0.941. The minimum atomic E-state index is 0.941. The van der Waals surface area contributed by atoms with Crippen LogP contribution in [-0.2, 0) is 0 Å². The van der Waals surface area contributed by atoms with E-state index in [9.17, 15) is 0 Å². The highest BCUT2D eigenvalue weighted by atomic mass is 15.0. The van der Waals surface area contributed by atoms with E-state index in [4.69, 9.17) is 0 Å². The van der Waals surface area contributed by atoms with Gasteiger partial charge in [-0.3, -0.25) is 0 Å². The summed E-state index contributed by atoms with van der Waals surface area (Å²) in [5.41, 5.74) is 14.2. The van der Waals surface area contributed by atoms with Crippen molar-refractivity contribution in [3.8, 4) is 39.1 Å². The SMILES string of the molecule is B1c2ccccc2-c2cc(-c3ccc4c(c3)c3ccccc3n4-c3ccc4ccccc4c3)c3c(cc(-c4ccc5ccccc5c4)c4ccccc43)c21. The highest BCUT2D eigenvalue weighted by Gasteiger charge is 2.26. The van der Waals surface area contributed by atoms with Gasteiger partial charge in [0.05, 0.1) is 11.0 Å². The minimum absolute atomic E-state index is 0.941. The number of fused-ring (bicyclic) bond motifs is 12. The molecular formula is C52H32BN. The number of aromatic nitrogens is 1. The molecule has 1 aliphatic heterocycles. The summed E-state index contributed by atoms with van der Waals surface area (Å²) in [6, 6.07) is 70.1. The quantitative estimate of drug-likeness (QED) is 0.129. The van der Waals surface area contributed by atoms with Crippen LogP contribution < -0.4 is 10.9 Å². The van der Waals surface area contributed by atoms with Crippen LogP contribution in [0.4, 0.5) is 0 Å². The molecule has 10 aromatic carbocycles. The van der Waals surface area contributed by atoms with E-state index in [2.05, 4.69) is 193 Å². The van der Waals surface area contributed by atoms with Crippen molar-refractivity contribution in [2.24, 2.45) is 0 Å². The van der Waals surface area contributed by atoms with Gasteiger partial charge in [0.15, 0.2) is 7.28 Å². The fourth-order valence-electron chi connectivity index (χ4n) is 9.47. The topological polar surface area (TPSA) is 4.93 Å². The first-order chi connectivity index (χ1) is 26.8. The van der Waals surface area contributed by atoms with E-state index >= 15 is 0 Å². The van der Waals surface area contributed by atoms with Gasteiger partial charge in [0.2, 0.25) is 0 Å². The Morgan fingerprint density at radius 3 is 1.81 bits per heavy atom. The molecule has 0 saturated carbocycles. The Morgan fingerprint density at radius 1 is 0.333 bits per heavy atom. The Balaban J connectivity index is 1.16. The zero-order valence-corrected chi connectivity index (χ0v) is 29.6. The highest BCUT2D eigenvalue weighted by molar-refractivity contribution is 6.76. The molecule has 0 radical (unpaired) electrons. The predicted octanol–water partition coefficient (Wildman–Crippen LogP) is 12.1. The monoisotopic (exact) mass is 681 g/mol. The van der Waals surface area contributed by atoms with Crippen LogP contribution >= 0.6 is 0 Å². The largest absolute Gasteiger partial charge is 0.309 e. The van der Waals surface area contributed by atoms with Gasteiger partial charge in [-0.25, -0.2) is 0 Å². The van der Waals surface area contributed by atoms with Crippen LogP contribution in [0.1, 0.15) is 0 Å². The first kappa shape index (κ1) is 29.7. The summed E-state index contributed by atoms with van der Waals surface area (Å²) < 4.78 is 2.43. The third kappa shape index (κ3) is 4.28. The highest BCUT2D eigenvalue weighted by Crippen LogP contribution is 2.44. The van der Waals surface area contributed by atoms with Crippen LogP contribution in [0.3, 0.4) is 0 Å². The molecule has 0 unspecified atom stereocenters. The molecule has 0 amide bonds. The van der Waals surface area contributed by atoms with Gasteiger partial charge in [0, 0.05) is 16.5 Å². The normalized spacial score (nSPS) is 12.2. The smallest absolute Gasteiger partial charge is 0.194 e. The van der Waals surface area contributed by atoms with Gasteiger partial charge >= 0.3 is 0 Å². The molecule has 11 aromatic rings. The number of para-hydroxylation sites is 1. The summed E-state index contributed by atoms with van der Waals surface area (Å²) in [6.45, 7) is 0. The molecule has 0 N–H and O–H groups in total. The van der Waals surface area contributed by atoms with Gasteiger partial charge in [-0.05, 0) is 125 Å². The third-order valence-electron chi connectivity index (χ3n) is 12.0. The summed E-state index contributed by atoms with van der Waals surface area (Å²) in [5, 5.41) is 12.8. The van der Waals surface area contributed by atoms with Crippen molar-refractivity contribution in [1.82, 2.24) is 4.57 Å². The Kier molecular flexibility index (Phi) is 6.21. The molecule has 0 spiro atoms. The number of hydrogen-bond acceptors (Lipinski definition) is 0. The van der Waals surface area contributed by atoms with E-state index in [1.807, 2.05) is 0 Å². The van der Waals surface area contributed by atoms with E-state index in [0.717, 1.165) is 7.28 Å². The van der Waals surface area contributed by atoms with Crippen LogP contribution in [0, 0.1) is 0 Å². The molecule has 1 aliphatic rings. The standard InChI is InChI=1S/C52H32BN/c1-3-13-34-27-36(22-21-32(34)11-1)43-30-47-51(42-18-6-5-15-39(42)43)44(31-46-40-16-7-9-19-48(40)53-52(46)47)37-24-26-50-45(29-37)41-17-8-10-20-49(41)54(50)38-25-23-33-12-2-4-14-35(33)28-38/h1-31,53H. The lowest BCUT2D eigenvalue weighted by Gasteiger charge is -2.19. The van der Waals surface area contributed by atoms with Crippen LogP contribution in [0.25, 0.3) is 104 Å².